The van der Waals surface area contributed by atoms with E-state index in [0.29, 0.717) is 11.3 Å². The normalized spacial score (nSPS) is 10.3. The van der Waals surface area contributed by atoms with Gasteiger partial charge in [0.2, 0.25) is 0 Å². The minimum atomic E-state index is -0.967. The lowest BCUT2D eigenvalue weighted by molar-refractivity contribution is 0.0594. The van der Waals surface area contributed by atoms with Crippen molar-refractivity contribution in [3.05, 3.63) is 41.6 Å². The number of benzene rings is 1. The number of aromatic amines is 1. The molecule has 0 saturated carbocycles. The standard InChI is InChI=1S/C11H8F2N2O2/c1-17-11(16)10-5-9(14-15-10)6-2-3-7(12)8(13)4-6/h2-5H,1H3,(H,14,15). The second kappa shape index (κ2) is 4.32. The summed E-state index contributed by atoms with van der Waals surface area (Å²) in [6, 6.07) is 4.78. The van der Waals surface area contributed by atoms with Crippen molar-refractivity contribution in [3.8, 4) is 11.3 Å². The van der Waals surface area contributed by atoms with Crippen LogP contribution in [-0.4, -0.2) is 23.3 Å². The van der Waals surface area contributed by atoms with E-state index in [1.165, 1.54) is 19.2 Å². The summed E-state index contributed by atoms with van der Waals surface area (Å²) in [5.41, 5.74) is 0.854. The lowest BCUT2D eigenvalue weighted by atomic mass is 10.1. The topological polar surface area (TPSA) is 55.0 Å². The van der Waals surface area contributed by atoms with Gasteiger partial charge in [0.25, 0.3) is 0 Å². The van der Waals surface area contributed by atoms with Gasteiger partial charge in [-0.3, -0.25) is 5.10 Å². The first-order chi connectivity index (χ1) is 8.11. The summed E-state index contributed by atoms with van der Waals surface area (Å²) in [7, 11) is 1.24. The average molecular weight is 238 g/mol. The van der Waals surface area contributed by atoms with E-state index in [1.807, 2.05) is 0 Å². The number of hydrogen-bond acceptors (Lipinski definition) is 3. The molecular formula is C11H8F2N2O2. The molecule has 0 radical (unpaired) electrons. The van der Waals surface area contributed by atoms with Crippen LogP contribution in [0.1, 0.15) is 10.5 Å². The molecule has 0 atom stereocenters. The van der Waals surface area contributed by atoms with Gasteiger partial charge in [-0.1, -0.05) is 0 Å². The first kappa shape index (κ1) is 11.3. The minimum absolute atomic E-state index is 0.146. The van der Waals surface area contributed by atoms with Crippen LogP contribution in [0.3, 0.4) is 0 Å². The van der Waals surface area contributed by atoms with Crippen LogP contribution >= 0.6 is 0 Å². The van der Waals surface area contributed by atoms with Gasteiger partial charge in [0.15, 0.2) is 11.6 Å². The quantitative estimate of drug-likeness (QED) is 0.815. The van der Waals surface area contributed by atoms with Crippen LogP contribution in [0.2, 0.25) is 0 Å². The molecule has 0 aliphatic carbocycles. The van der Waals surface area contributed by atoms with E-state index in [0.717, 1.165) is 12.1 Å². The molecule has 0 aliphatic rings. The highest BCUT2D eigenvalue weighted by Crippen LogP contribution is 2.20. The lowest BCUT2D eigenvalue weighted by Crippen LogP contribution is -2.00. The summed E-state index contributed by atoms with van der Waals surface area (Å²) in [5, 5.41) is 6.26. The zero-order valence-corrected chi connectivity index (χ0v) is 8.83. The molecule has 1 aromatic carbocycles. The molecule has 6 heteroatoms. The fourth-order valence-corrected chi connectivity index (χ4v) is 1.34. The molecule has 0 bridgehead atoms. The Bertz CT molecular complexity index is 566. The molecule has 0 amide bonds. The number of rotatable bonds is 2. The van der Waals surface area contributed by atoms with Gasteiger partial charge >= 0.3 is 5.97 Å². The van der Waals surface area contributed by atoms with Gasteiger partial charge in [0, 0.05) is 5.56 Å². The van der Waals surface area contributed by atoms with Crippen LogP contribution < -0.4 is 0 Å². The number of halogens is 2. The Hall–Kier alpha value is -2.24. The van der Waals surface area contributed by atoms with Crippen LogP contribution in [-0.2, 0) is 4.74 Å². The molecule has 4 nitrogen and oxygen atoms in total. The van der Waals surface area contributed by atoms with Crippen LogP contribution in [0.5, 0.6) is 0 Å². The van der Waals surface area contributed by atoms with Gasteiger partial charge in [-0.25, -0.2) is 13.6 Å². The molecule has 0 fully saturated rings. The van der Waals surface area contributed by atoms with Crippen LogP contribution in [0, 0.1) is 11.6 Å². The number of ether oxygens (including phenoxy) is 1. The summed E-state index contributed by atoms with van der Waals surface area (Å²) in [4.78, 5) is 11.2. The highest BCUT2D eigenvalue weighted by Gasteiger charge is 2.12. The molecular weight excluding hydrogens is 230 g/mol. The summed E-state index contributed by atoms with van der Waals surface area (Å²) >= 11 is 0. The average Bonchev–Trinajstić information content (AvgIpc) is 2.81. The Kier molecular flexibility index (Phi) is 2.86. The fourth-order valence-electron chi connectivity index (χ4n) is 1.34. The van der Waals surface area contributed by atoms with E-state index < -0.39 is 17.6 Å². The van der Waals surface area contributed by atoms with Crippen molar-refractivity contribution in [1.29, 1.82) is 0 Å². The minimum Gasteiger partial charge on any atom is -0.464 e. The van der Waals surface area contributed by atoms with Crippen molar-refractivity contribution in [1.82, 2.24) is 10.2 Å². The molecule has 1 aromatic heterocycles. The van der Waals surface area contributed by atoms with Crippen molar-refractivity contribution in [2.24, 2.45) is 0 Å². The molecule has 1 heterocycles. The summed E-state index contributed by atoms with van der Waals surface area (Å²) in [6.45, 7) is 0. The van der Waals surface area contributed by atoms with Crippen molar-refractivity contribution in [3.63, 3.8) is 0 Å². The largest absolute Gasteiger partial charge is 0.464 e. The van der Waals surface area contributed by atoms with Crippen LogP contribution in [0.25, 0.3) is 11.3 Å². The smallest absolute Gasteiger partial charge is 0.356 e. The van der Waals surface area contributed by atoms with Crippen molar-refractivity contribution >= 4 is 5.97 Å². The van der Waals surface area contributed by atoms with Gasteiger partial charge in [-0.05, 0) is 24.3 Å². The highest BCUT2D eigenvalue weighted by atomic mass is 19.2. The Morgan fingerprint density at radius 3 is 2.71 bits per heavy atom. The Morgan fingerprint density at radius 1 is 1.29 bits per heavy atom. The van der Waals surface area contributed by atoms with Crippen molar-refractivity contribution in [2.75, 3.05) is 7.11 Å². The highest BCUT2D eigenvalue weighted by molar-refractivity contribution is 5.88. The Balaban J connectivity index is 2.37. The second-order valence-corrected chi connectivity index (χ2v) is 3.29. The summed E-state index contributed by atoms with van der Waals surface area (Å²) in [6.07, 6.45) is 0. The van der Waals surface area contributed by atoms with Crippen LogP contribution in [0.4, 0.5) is 8.78 Å². The number of H-pyrrole nitrogens is 1. The van der Waals surface area contributed by atoms with Crippen molar-refractivity contribution < 1.29 is 18.3 Å². The number of hydrogen-bond donors (Lipinski definition) is 1. The van der Waals surface area contributed by atoms with Crippen molar-refractivity contribution in [2.45, 2.75) is 0 Å². The number of nitrogens with one attached hydrogen (secondary N) is 1. The molecule has 17 heavy (non-hydrogen) atoms. The van der Waals surface area contributed by atoms with Gasteiger partial charge in [-0.15, -0.1) is 0 Å². The van der Waals surface area contributed by atoms with E-state index in [1.54, 1.807) is 0 Å². The predicted molar refractivity (Wildman–Crippen MR) is 55.3 cm³/mol. The number of carbonyl (C=O) groups is 1. The van der Waals surface area contributed by atoms with Gasteiger partial charge in [-0.2, -0.15) is 5.10 Å². The number of esters is 1. The SMILES string of the molecule is COC(=O)c1cc(-c2ccc(F)c(F)c2)n[nH]1. The first-order valence-corrected chi connectivity index (χ1v) is 4.71. The van der Waals surface area contributed by atoms with Gasteiger partial charge < -0.3 is 4.74 Å². The van der Waals surface area contributed by atoms with E-state index in [9.17, 15) is 13.6 Å². The zero-order chi connectivity index (χ0) is 12.4. The van der Waals surface area contributed by atoms with E-state index in [2.05, 4.69) is 14.9 Å². The zero-order valence-electron chi connectivity index (χ0n) is 8.83. The molecule has 0 saturated heterocycles. The fraction of sp³-hybridized carbons (Fsp3) is 0.0909. The molecule has 0 unspecified atom stereocenters. The second-order valence-electron chi connectivity index (χ2n) is 3.29. The first-order valence-electron chi connectivity index (χ1n) is 4.71. The molecule has 2 rings (SSSR count). The van der Waals surface area contributed by atoms with E-state index >= 15 is 0 Å². The molecule has 88 valence electrons. The molecule has 1 N–H and O–H groups in total. The van der Waals surface area contributed by atoms with E-state index in [4.69, 9.17) is 0 Å². The maximum Gasteiger partial charge on any atom is 0.356 e. The summed E-state index contributed by atoms with van der Waals surface area (Å²) < 4.78 is 30.2. The third kappa shape index (κ3) is 2.15. The third-order valence-corrected chi connectivity index (χ3v) is 2.20. The number of nitrogens with zero attached hydrogens (tertiary/aromatic N) is 1. The Labute approximate surface area is 95.2 Å². The Morgan fingerprint density at radius 2 is 2.06 bits per heavy atom. The predicted octanol–water partition coefficient (Wildman–Crippen LogP) is 2.14. The monoisotopic (exact) mass is 238 g/mol. The number of carbonyl (C=O) groups excluding carboxylic acids is 1. The third-order valence-electron chi connectivity index (χ3n) is 2.20. The number of aromatic nitrogens is 2. The van der Waals surface area contributed by atoms with Gasteiger partial charge in [0.1, 0.15) is 5.69 Å². The maximum atomic E-state index is 13.0. The van der Waals surface area contributed by atoms with Crippen LogP contribution in [0.15, 0.2) is 24.3 Å². The lowest BCUT2D eigenvalue weighted by Gasteiger charge is -1.96. The van der Waals surface area contributed by atoms with E-state index in [-0.39, 0.29) is 5.69 Å². The molecule has 2 aromatic rings. The molecule has 0 spiro atoms. The number of methoxy groups -OCH3 is 1. The molecule has 0 aliphatic heterocycles. The maximum absolute atomic E-state index is 13.0. The van der Waals surface area contributed by atoms with Gasteiger partial charge in [0.05, 0.1) is 12.8 Å². The summed E-state index contributed by atoms with van der Waals surface area (Å²) in [5.74, 6) is -2.48.